The third-order valence-corrected chi connectivity index (χ3v) is 3.26. The van der Waals surface area contributed by atoms with E-state index in [0.29, 0.717) is 12.1 Å². The van der Waals surface area contributed by atoms with Gasteiger partial charge in [-0.3, -0.25) is 0 Å². The van der Waals surface area contributed by atoms with Crippen molar-refractivity contribution in [3.63, 3.8) is 0 Å². The molecule has 0 bridgehead atoms. The molecule has 1 aliphatic carbocycles. The molecular formula is C12H24N2O. The van der Waals surface area contributed by atoms with Crippen LogP contribution in [0.15, 0.2) is 0 Å². The normalized spacial score (nSPS) is 29.0. The summed E-state index contributed by atoms with van der Waals surface area (Å²) in [5.41, 5.74) is 0. The van der Waals surface area contributed by atoms with Gasteiger partial charge in [0.2, 0.25) is 0 Å². The van der Waals surface area contributed by atoms with Gasteiger partial charge < -0.3 is 15.4 Å². The zero-order valence-corrected chi connectivity index (χ0v) is 9.80. The van der Waals surface area contributed by atoms with E-state index in [1.807, 2.05) is 0 Å². The van der Waals surface area contributed by atoms with E-state index in [0.717, 1.165) is 25.7 Å². The number of rotatable bonds is 6. The van der Waals surface area contributed by atoms with Crippen LogP contribution in [0.5, 0.6) is 0 Å². The summed E-state index contributed by atoms with van der Waals surface area (Å²) >= 11 is 0. The summed E-state index contributed by atoms with van der Waals surface area (Å²) in [4.78, 5) is 0. The van der Waals surface area contributed by atoms with Gasteiger partial charge in [-0.15, -0.1) is 0 Å². The van der Waals surface area contributed by atoms with E-state index in [-0.39, 0.29) is 0 Å². The first-order valence-corrected chi connectivity index (χ1v) is 6.43. The summed E-state index contributed by atoms with van der Waals surface area (Å²) in [6, 6.07) is 1.39. The van der Waals surface area contributed by atoms with Crippen LogP contribution in [-0.2, 0) is 4.74 Å². The minimum atomic E-state index is 0.460. The van der Waals surface area contributed by atoms with Gasteiger partial charge in [-0.2, -0.15) is 0 Å². The van der Waals surface area contributed by atoms with Gasteiger partial charge >= 0.3 is 0 Å². The highest BCUT2D eigenvalue weighted by Gasteiger charge is 2.21. The first kappa shape index (κ1) is 11.4. The van der Waals surface area contributed by atoms with E-state index in [1.165, 1.54) is 32.1 Å². The van der Waals surface area contributed by atoms with Gasteiger partial charge in [-0.05, 0) is 39.0 Å². The summed E-state index contributed by atoms with van der Waals surface area (Å²) in [6.07, 6.45) is 7.02. The fourth-order valence-electron chi connectivity index (χ4n) is 2.00. The van der Waals surface area contributed by atoms with E-state index in [4.69, 9.17) is 4.74 Å². The Labute approximate surface area is 93.0 Å². The Morgan fingerprint density at radius 1 is 1.27 bits per heavy atom. The lowest BCUT2D eigenvalue weighted by atomic mass is 10.1. The third-order valence-electron chi connectivity index (χ3n) is 3.26. The molecule has 88 valence electrons. The van der Waals surface area contributed by atoms with Gasteiger partial charge in [0.15, 0.2) is 0 Å². The molecule has 0 radical (unpaired) electrons. The lowest BCUT2D eigenvalue weighted by Crippen LogP contribution is -2.42. The van der Waals surface area contributed by atoms with Gasteiger partial charge in [-0.1, -0.05) is 0 Å². The molecule has 1 aliphatic heterocycles. The minimum absolute atomic E-state index is 0.460. The average Bonchev–Trinajstić information content (AvgIpc) is 3.09. The first-order valence-electron chi connectivity index (χ1n) is 6.43. The molecule has 1 saturated carbocycles. The van der Waals surface area contributed by atoms with Gasteiger partial charge in [0.1, 0.15) is 0 Å². The molecule has 0 aromatic heterocycles. The lowest BCUT2D eigenvalue weighted by molar-refractivity contribution is 0.0157. The Morgan fingerprint density at radius 2 is 2.13 bits per heavy atom. The highest BCUT2D eigenvalue weighted by Crippen LogP contribution is 2.18. The summed E-state index contributed by atoms with van der Waals surface area (Å²) in [5.74, 6) is 0. The van der Waals surface area contributed by atoms with E-state index in [2.05, 4.69) is 17.6 Å². The van der Waals surface area contributed by atoms with Crippen molar-refractivity contribution in [2.45, 2.75) is 57.2 Å². The van der Waals surface area contributed by atoms with Crippen LogP contribution in [0.1, 0.15) is 39.0 Å². The van der Waals surface area contributed by atoms with Gasteiger partial charge in [0.25, 0.3) is 0 Å². The molecule has 1 heterocycles. The first-order chi connectivity index (χ1) is 7.34. The topological polar surface area (TPSA) is 33.3 Å². The molecule has 0 spiro atoms. The van der Waals surface area contributed by atoms with Crippen molar-refractivity contribution in [1.82, 2.24) is 10.6 Å². The van der Waals surface area contributed by atoms with Gasteiger partial charge in [-0.25, -0.2) is 0 Å². The Hall–Kier alpha value is -0.120. The highest BCUT2D eigenvalue weighted by atomic mass is 16.5. The Bertz CT molecular complexity index is 176. The largest absolute Gasteiger partial charge is 0.377 e. The summed E-state index contributed by atoms with van der Waals surface area (Å²) in [6.45, 7) is 5.32. The van der Waals surface area contributed by atoms with Crippen molar-refractivity contribution in [1.29, 1.82) is 0 Å². The molecule has 2 N–H and O–H groups in total. The van der Waals surface area contributed by atoms with Crippen LogP contribution in [-0.4, -0.2) is 37.9 Å². The van der Waals surface area contributed by atoms with E-state index in [9.17, 15) is 0 Å². The van der Waals surface area contributed by atoms with Gasteiger partial charge in [0.05, 0.1) is 6.10 Å². The third kappa shape index (κ3) is 4.49. The molecular weight excluding hydrogens is 188 g/mol. The molecule has 1 saturated heterocycles. The number of hydrogen-bond donors (Lipinski definition) is 2. The Balaban J connectivity index is 1.50. The van der Waals surface area contributed by atoms with Crippen LogP contribution in [0.3, 0.4) is 0 Å². The SMILES string of the molecule is CC(CNC1CC1)NCC1CCCCO1. The molecule has 0 aromatic rings. The van der Waals surface area contributed by atoms with Crippen LogP contribution < -0.4 is 10.6 Å². The van der Waals surface area contributed by atoms with E-state index >= 15 is 0 Å². The van der Waals surface area contributed by atoms with E-state index < -0.39 is 0 Å². The second-order valence-electron chi connectivity index (χ2n) is 4.98. The molecule has 2 rings (SSSR count). The second kappa shape index (κ2) is 5.83. The maximum atomic E-state index is 5.68. The summed E-state index contributed by atoms with van der Waals surface area (Å²) < 4.78 is 5.68. The maximum Gasteiger partial charge on any atom is 0.0699 e. The van der Waals surface area contributed by atoms with Crippen LogP contribution in [0, 0.1) is 0 Å². The monoisotopic (exact) mass is 212 g/mol. The van der Waals surface area contributed by atoms with Crippen molar-refractivity contribution in [2.75, 3.05) is 19.7 Å². The Morgan fingerprint density at radius 3 is 2.80 bits per heavy atom. The zero-order valence-electron chi connectivity index (χ0n) is 9.80. The standard InChI is InChI=1S/C12H24N2O/c1-10(8-14-11-5-6-11)13-9-12-4-2-3-7-15-12/h10-14H,2-9H2,1H3. The van der Waals surface area contributed by atoms with Crippen LogP contribution >= 0.6 is 0 Å². The maximum absolute atomic E-state index is 5.68. The number of hydrogen-bond acceptors (Lipinski definition) is 3. The molecule has 2 aliphatic rings. The average molecular weight is 212 g/mol. The number of nitrogens with one attached hydrogen (secondary N) is 2. The Kier molecular flexibility index (Phi) is 4.42. The fraction of sp³-hybridized carbons (Fsp3) is 1.00. The van der Waals surface area contributed by atoms with Crippen molar-refractivity contribution >= 4 is 0 Å². The minimum Gasteiger partial charge on any atom is -0.377 e. The van der Waals surface area contributed by atoms with Crippen LogP contribution in [0.25, 0.3) is 0 Å². The highest BCUT2D eigenvalue weighted by molar-refractivity contribution is 4.82. The molecule has 0 amide bonds. The summed E-state index contributed by atoms with van der Waals surface area (Å²) in [5, 5.41) is 7.09. The number of ether oxygens (including phenoxy) is 1. The molecule has 2 atom stereocenters. The molecule has 0 aromatic carbocycles. The fourth-order valence-corrected chi connectivity index (χ4v) is 2.00. The zero-order chi connectivity index (χ0) is 10.5. The molecule has 3 nitrogen and oxygen atoms in total. The van der Waals surface area contributed by atoms with Crippen molar-refractivity contribution in [2.24, 2.45) is 0 Å². The van der Waals surface area contributed by atoms with Crippen LogP contribution in [0.4, 0.5) is 0 Å². The second-order valence-corrected chi connectivity index (χ2v) is 4.98. The molecule has 3 heteroatoms. The lowest BCUT2D eigenvalue weighted by Gasteiger charge is -2.24. The summed E-state index contributed by atoms with van der Waals surface area (Å²) in [7, 11) is 0. The quantitative estimate of drug-likeness (QED) is 0.696. The smallest absolute Gasteiger partial charge is 0.0699 e. The predicted molar refractivity (Wildman–Crippen MR) is 62.1 cm³/mol. The molecule has 2 fully saturated rings. The van der Waals surface area contributed by atoms with Crippen LogP contribution in [0.2, 0.25) is 0 Å². The van der Waals surface area contributed by atoms with Gasteiger partial charge in [0, 0.05) is 31.8 Å². The predicted octanol–water partition coefficient (Wildman–Crippen LogP) is 1.29. The van der Waals surface area contributed by atoms with Crippen molar-refractivity contribution in [3.05, 3.63) is 0 Å². The van der Waals surface area contributed by atoms with Crippen molar-refractivity contribution in [3.8, 4) is 0 Å². The molecule has 2 unspecified atom stereocenters. The van der Waals surface area contributed by atoms with E-state index in [1.54, 1.807) is 0 Å². The molecule has 15 heavy (non-hydrogen) atoms. The van der Waals surface area contributed by atoms with Crippen molar-refractivity contribution < 1.29 is 4.74 Å².